The van der Waals surface area contributed by atoms with Crippen LogP contribution in [0, 0.1) is 0 Å². The van der Waals surface area contributed by atoms with Crippen LogP contribution in [-0.4, -0.2) is 16.2 Å². The Bertz CT molecular complexity index is 489. The van der Waals surface area contributed by atoms with Crippen molar-refractivity contribution >= 4 is 16.9 Å². The van der Waals surface area contributed by atoms with E-state index in [1.807, 2.05) is 13.0 Å². The summed E-state index contributed by atoms with van der Waals surface area (Å²) in [5.74, 6) is -1.31. The van der Waals surface area contributed by atoms with E-state index in [1.165, 1.54) is 0 Å². The van der Waals surface area contributed by atoms with Crippen LogP contribution in [0.2, 0.25) is 0 Å². The van der Waals surface area contributed by atoms with E-state index in [9.17, 15) is 4.79 Å². The highest BCUT2D eigenvalue weighted by atomic mass is 16.5. The third kappa shape index (κ3) is 1.58. The van der Waals surface area contributed by atoms with Gasteiger partial charge in [-0.25, -0.2) is 0 Å². The van der Waals surface area contributed by atoms with E-state index >= 15 is 0 Å². The number of hydrogen-bond donors (Lipinski definition) is 1. The number of aliphatic carboxylic acids is 1. The monoisotopic (exact) mass is 205 g/mol. The first-order valence-corrected chi connectivity index (χ1v) is 4.80. The molecule has 15 heavy (non-hydrogen) atoms. The smallest absolute Gasteiger partial charge is 0.310 e. The van der Waals surface area contributed by atoms with E-state index in [0.717, 1.165) is 10.9 Å². The van der Waals surface area contributed by atoms with Gasteiger partial charge in [-0.3, -0.25) is 4.79 Å². The van der Waals surface area contributed by atoms with Crippen LogP contribution >= 0.6 is 0 Å². The molecule has 78 valence electrons. The molecule has 4 nitrogen and oxygen atoms in total. The van der Waals surface area contributed by atoms with Crippen molar-refractivity contribution in [3.05, 3.63) is 30.0 Å². The highest BCUT2D eigenvalue weighted by Gasteiger charge is 2.20. The fraction of sp³-hybridized carbons (Fsp3) is 0.273. The number of carboxylic acids is 1. The van der Waals surface area contributed by atoms with Gasteiger partial charge in [-0.2, -0.15) is 0 Å². The number of carbonyl (C=O) groups is 1. The number of carboxylic acid groups (broad SMARTS) is 1. The molecule has 1 unspecified atom stereocenters. The summed E-state index contributed by atoms with van der Waals surface area (Å²) in [5.41, 5.74) is 1.40. The van der Waals surface area contributed by atoms with Gasteiger partial charge in [0.2, 0.25) is 0 Å². The summed E-state index contributed by atoms with van der Waals surface area (Å²) < 4.78 is 4.99. The van der Waals surface area contributed by atoms with E-state index < -0.39 is 11.9 Å². The molecular formula is C11H11NO3. The van der Waals surface area contributed by atoms with Gasteiger partial charge in [0.1, 0.15) is 0 Å². The molecule has 0 aliphatic rings. The highest BCUT2D eigenvalue weighted by Crippen LogP contribution is 2.27. The average Bonchev–Trinajstić information content (AvgIpc) is 2.66. The first-order valence-electron chi connectivity index (χ1n) is 4.80. The second-order valence-electron chi connectivity index (χ2n) is 3.38. The lowest BCUT2D eigenvalue weighted by atomic mass is 9.94. The summed E-state index contributed by atoms with van der Waals surface area (Å²) >= 11 is 0. The Morgan fingerprint density at radius 1 is 1.60 bits per heavy atom. The zero-order valence-corrected chi connectivity index (χ0v) is 8.30. The van der Waals surface area contributed by atoms with Crippen LogP contribution in [0.5, 0.6) is 0 Å². The molecule has 1 atom stereocenters. The minimum absolute atomic E-state index is 0.493. The summed E-state index contributed by atoms with van der Waals surface area (Å²) in [6.07, 6.45) is 2.12. The number of nitrogens with zero attached hydrogens (tertiary/aromatic N) is 1. The molecule has 0 bridgehead atoms. The first kappa shape index (κ1) is 9.71. The molecule has 2 rings (SSSR count). The summed E-state index contributed by atoms with van der Waals surface area (Å²) in [4.78, 5) is 11.0. The molecule has 0 amide bonds. The van der Waals surface area contributed by atoms with Crippen molar-refractivity contribution in [2.45, 2.75) is 19.3 Å². The zero-order valence-electron chi connectivity index (χ0n) is 8.30. The Kier molecular flexibility index (Phi) is 2.41. The topological polar surface area (TPSA) is 63.3 Å². The second-order valence-corrected chi connectivity index (χ2v) is 3.38. The third-order valence-corrected chi connectivity index (χ3v) is 2.51. The molecule has 1 aromatic heterocycles. The van der Waals surface area contributed by atoms with Gasteiger partial charge < -0.3 is 9.63 Å². The molecule has 0 saturated carbocycles. The van der Waals surface area contributed by atoms with Crippen LogP contribution in [0.15, 0.2) is 28.9 Å². The molecule has 0 aliphatic carbocycles. The lowest BCUT2D eigenvalue weighted by Crippen LogP contribution is -2.10. The number of fused-ring (bicyclic) bond motifs is 1. The maximum atomic E-state index is 11.0. The third-order valence-electron chi connectivity index (χ3n) is 2.51. The predicted molar refractivity (Wildman–Crippen MR) is 54.7 cm³/mol. The Hall–Kier alpha value is -1.84. The Morgan fingerprint density at radius 3 is 3.07 bits per heavy atom. The molecule has 0 saturated heterocycles. The lowest BCUT2D eigenvalue weighted by molar-refractivity contribution is -0.138. The number of aromatic nitrogens is 1. The number of rotatable bonds is 3. The molecule has 4 heteroatoms. The Morgan fingerprint density at radius 2 is 2.40 bits per heavy atom. The highest BCUT2D eigenvalue weighted by molar-refractivity contribution is 5.87. The van der Waals surface area contributed by atoms with Crippen molar-refractivity contribution in [1.29, 1.82) is 0 Å². The van der Waals surface area contributed by atoms with E-state index in [1.54, 1.807) is 18.3 Å². The van der Waals surface area contributed by atoms with Crippen molar-refractivity contribution in [3.63, 3.8) is 0 Å². The van der Waals surface area contributed by atoms with Crippen molar-refractivity contribution in [2.75, 3.05) is 0 Å². The van der Waals surface area contributed by atoms with Crippen LogP contribution in [-0.2, 0) is 4.79 Å². The van der Waals surface area contributed by atoms with Gasteiger partial charge in [-0.15, -0.1) is 0 Å². The lowest BCUT2D eigenvalue weighted by Gasteiger charge is -2.10. The van der Waals surface area contributed by atoms with E-state index in [-0.39, 0.29) is 0 Å². The normalized spacial score (nSPS) is 12.9. The molecule has 0 fully saturated rings. The largest absolute Gasteiger partial charge is 0.481 e. The predicted octanol–water partition coefficient (Wildman–Crippen LogP) is 2.41. The van der Waals surface area contributed by atoms with Crippen LogP contribution in [0.1, 0.15) is 24.8 Å². The van der Waals surface area contributed by atoms with Crippen molar-refractivity contribution in [2.24, 2.45) is 0 Å². The van der Waals surface area contributed by atoms with Crippen LogP contribution in [0.3, 0.4) is 0 Å². The van der Waals surface area contributed by atoms with Gasteiger partial charge >= 0.3 is 5.97 Å². The van der Waals surface area contributed by atoms with Gasteiger partial charge in [0.05, 0.1) is 12.1 Å². The quantitative estimate of drug-likeness (QED) is 0.835. The molecule has 1 N–H and O–H groups in total. The minimum Gasteiger partial charge on any atom is -0.481 e. The molecule has 0 aliphatic heterocycles. The Balaban J connectivity index is 2.59. The maximum Gasteiger partial charge on any atom is 0.310 e. The number of hydrogen-bond acceptors (Lipinski definition) is 3. The molecule has 1 heterocycles. The SMILES string of the molecule is CCC(C(=O)O)c1cccc2oncc12. The van der Waals surface area contributed by atoms with E-state index in [0.29, 0.717) is 12.0 Å². The van der Waals surface area contributed by atoms with E-state index in [2.05, 4.69) is 5.16 Å². The van der Waals surface area contributed by atoms with Crippen molar-refractivity contribution < 1.29 is 14.4 Å². The summed E-state index contributed by atoms with van der Waals surface area (Å²) in [6.45, 7) is 1.85. The fourth-order valence-electron chi connectivity index (χ4n) is 1.75. The fourth-order valence-corrected chi connectivity index (χ4v) is 1.75. The summed E-state index contributed by atoms with van der Waals surface area (Å²) in [5, 5.41) is 13.5. The number of benzene rings is 1. The first-order chi connectivity index (χ1) is 7.24. The standard InChI is InChI=1S/C11H11NO3/c1-2-7(11(13)14)8-4-3-5-10-9(8)6-12-15-10/h3-7H,2H2,1H3,(H,13,14). The van der Waals surface area contributed by atoms with Gasteiger partial charge in [-0.1, -0.05) is 24.2 Å². The molecule has 1 aromatic carbocycles. The van der Waals surface area contributed by atoms with Crippen molar-refractivity contribution in [3.8, 4) is 0 Å². The summed E-state index contributed by atoms with van der Waals surface area (Å²) in [7, 11) is 0. The average molecular weight is 205 g/mol. The van der Waals surface area contributed by atoms with Crippen LogP contribution in [0.4, 0.5) is 0 Å². The minimum atomic E-state index is -0.814. The van der Waals surface area contributed by atoms with Crippen molar-refractivity contribution in [1.82, 2.24) is 5.16 Å². The Labute approximate surface area is 86.5 Å². The van der Waals surface area contributed by atoms with Gasteiger partial charge in [0, 0.05) is 5.39 Å². The van der Waals surface area contributed by atoms with Gasteiger partial charge in [0.15, 0.2) is 5.58 Å². The second kappa shape index (κ2) is 3.73. The van der Waals surface area contributed by atoms with Gasteiger partial charge in [0.25, 0.3) is 0 Å². The zero-order chi connectivity index (χ0) is 10.8. The molecule has 0 spiro atoms. The van der Waals surface area contributed by atoms with E-state index in [4.69, 9.17) is 9.63 Å². The van der Waals surface area contributed by atoms with Gasteiger partial charge in [-0.05, 0) is 18.1 Å². The summed E-state index contributed by atoms with van der Waals surface area (Å²) in [6, 6.07) is 5.37. The molecule has 2 aromatic rings. The molecular weight excluding hydrogens is 194 g/mol. The maximum absolute atomic E-state index is 11.0. The van der Waals surface area contributed by atoms with Crippen LogP contribution in [0.25, 0.3) is 11.0 Å². The van der Waals surface area contributed by atoms with Crippen LogP contribution < -0.4 is 0 Å². The molecule has 0 radical (unpaired) electrons.